The lowest BCUT2D eigenvalue weighted by Crippen LogP contribution is -2.26. The molecule has 0 aliphatic heterocycles. The Morgan fingerprint density at radius 1 is 1.06 bits per heavy atom. The van der Waals surface area contributed by atoms with Crippen LogP contribution >= 0.6 is 0 Å². The highest BCUT2D eigenvalue weighted by Crippen LogP contribution is 2.27. The Morgan fingerprint density at radius 3 is 2.38 bits per heavy atom. The summed E-state index contributed by atoms with van der Waals surface area (Å²) in [4.78, 5) is 32.2. The van der Waals surface area contributed by atoms with Gasteiger partial charge in [-0.25, -0.2) is 4.98 Å². The number of aldehydes is 1. The number of aryl methyl sites for hydroxylation is 4. The number of nitrogens with one attached hydrogen (secondary N) is 1. The van der Waals surface area contributed by atoms with Gasteiger partial charge in [0, 0.05) is 37.0 Å². The van der Waals surface area contributed by atoms with Gasteiger partial charge in [0.25, 0.3) is 5.91 Å². The molecular formula is C27H31N5O2. The molecule has 3 rings (SSSR count). The lowest BCUT2D eigenvalue weighted by Gasteiger charge is -2.15. The lowest BCUT2D eigenvalue weighted by molar-refractivity contribution is -0.117. The molecule has 0 spiro atoms. The van der Waals surface area contributed by atoms with Gasteiger partial charge < -0.3 is 21.6 Å². The monoisotopic (exact) mass is 457 g/mol. The standard InChI is InChI=1S/C27H31N5O2/c1-16-9-20(10-17(2)22(16)6-8-33)13-30-14-21(12-28)27(34)32-15-25-18(3)11-24-23(19(25)4)5-7-31-26(24)29/h5,7-12,14H,6,13,15,28H2,1-4H3,(H2,29,31)(H,32,34)/b21-12+,30-14?. The third-order valence-electron chi connectivity index (χ3n) is 6.13. The molecule has 2 aromatic carbocycles. The van der Waals surface area contributed by atoms with Crippen molar-refractivity contribution in [1.29, 1.82) is 0 Å². The van der Waals surface area contributed by atoms with Crippen LogP contribution in [-0.4, -0.2) is 23.4 Å². The zero-order valence-corrected chi connectivity index (χ0v) is 20.1. The van der Waals surface area contributed by atoms with Crippen LogP contribution < -0.4 is 16.8 Å². The van der Waals surface area contributed by atoms with Crippen molar-refractivity contribution in [3.8, 4) is 0 Å². The molecule has 0 unspecified atom stereocenters. The zero-order valence-electron chi connectivity index (χ0n) is 20.1. The number of nitrogens with zero attached hydrogens (tertiary/aromatic N) is 2. The van der Waals surface area contributed by atoms with Crippen LogP contribution in [0.2, 0.25) is 0 Å². The maximum Gasteiger partial charge on any atom is 0.254 e. The maximum atomic E-state index is 12.7. The van der Waals surface area contributed by atoms with Gasteiger partial charge in [-0.1, -0.05) is 12.1 Å². The van der Waals surface area contributed by atoms with Gasteiger partial charge in [-0.05, 0) is 84.2 Å². The summed E-state index contributed by atoms with van der Waals surface area (Å²) >= 11 is 0. The Bertz CT molecular complexity index is 1290. The van der Waals surface area contributed by atoms with Gasteiger partial charge in [0.15, 0.2) is 0 Å². The predicted molar refractivity (Wildman–Crippen MR) is 138 cm³/mol. The van der Waals surface area contributed by atoms with Gasteiger partial charge in [0.05, 0.1) is 12.1 Å². The van der Waals surface area contributed by atoms with Gasteiger partial charge in [-0.3, -0.25) is 9.79 Å². The molecule has 0 saturated carbocycles. The summed E-state index contributed by atoms with van der Waals surface area (Å²) in [6, 6.07) is 7.96. The third-order valence-corrected chi connectivity index (χ3v) is 6.13. The number of anilines is 1. The minimum absolute atomic E-state index is 0.288. The number of aromatic nitrogens is 1. The molecule has 7 nitrogen and oxygen atoms in total. The van der Waals surface area contributed by atoms with Crippen molar-refractivity contribution in [2.24, 2.45) is 10.7 Å². The smallest absolute Gasteiger partial charge is 0.254 e. The summed E-state index contributed by atoms with van der Waals surface area (Å²) in [5, 5.41) is 4.87. The van der Waals surface area contributed by atoms with Gasteiger partial charge in [-0.15, -0.1) is 0 Å². The second-order valence-electron chi connectivity index (χ2n) is 8.44. The van der Waals surface area contributed by atoms with Crippen LogP contribution in [0.4, 0.5) is 5.82 Å². The topological polar surface area (TPSA) is 123 Å². The van der Waals surface area contributed by atoms with Crippen molar-refractivity contribution < 1.29 is 9.59 Å². The number of nitrogens with two attached hydrogens (primary N) is 2. The first-order valence-corrected chi connectivity index (χ1v) is 11.1. The molecule has 0 atom stereocenters. The van der Waals surface area contributed by atoms with Crippen molar-refractivity contribution in [1.82, 2.24) is 10.3 Å². The number of carbonyl (C=O) groups is 2. The molecule has 0 radical (unpaired) electrons. The Morgan fingerprint density at radius 2 is 1.74 bits per heavy atom. The number of pyridine rings is 1. The van der Waals surface area contributed by atoms with E-state index in [1.54, 1.807) is 6.20 Å². The van der Waals surface area contributed by atoms with E-state index in [0.29, 0.717) is 25.3 Å². The molecule has 7 heteroatoms. The van der Waals surface area contributed by atoms with E-state index >= 15 is 0 Å². The highest BCUT2D eigenvalue weighted by Gasteiger charge is 2.13. The second-order valence-corrected chi connectivity index (χ2v) is 8.44. The predicted octanol–water partition coefficient (Wildman–Crippen LogP) is 3.52. The van der Waals surface area contributed by atoms with E-state index in [2.05, 4.69) is 15.3 Å². The number of carbonyl (C=O) groups excluding carboxylic acids is 2. The molecule has 1 amide bonds. The second kappa shape index (κ2) is 10.7. The average molecular weight is 458 g/mol. The molecule has 176 valence electrons. The van der Waals surface area contributed by atoms with Gasteiger partial charge >= 0.3 is 0 Å². The third kappa shape index (κ3) is 5.31. The SMILES string of the molecule is Cc1cc(CN=C/C(=C\N)C(=O)NCc2c(C)cc3c(N)nccc3c2C)cc(C)c1CC=O. The van der Waals surface area contributed by atoms with Crippen LogP contribution in [0.25, 0.3) is 10.8 Å². The zero-order chi connectivity index (χ0) is 24.8. The Balaban J connectivity index is 1.69. The molecule has 0 aliphatic rings. The van der Waals surface area contributed by atoms with Crippen molar-refractivity contribution in [2.45, 2.75) is 47.2 Å². The van der Waals surface area contributed by atoms with E-state index < -0.39 is 0 Å². The number of amides is 1. The Hall–Kier alpha value is -4.00. The number of aliphatic imine (C=N–C) groups is 1. The van der Waals surface area contributed by atoms with E-state index in [-0.39, 0.29) is 11.5 Å². The van der Waals surface area contributed by atoms with Crippen LogP contribution in [0.5, 0.6) is 0 Å². The van der Waals surface area contributed by atoms with Gasteiger partial charge in [0.2, 0.25) is 0 Å². The van der Waals surface area contributed by atoms with Gasteiger partial charge in [-0.2, -0.15) is 0 Å². The van der Waals surface area contributed by atoms with Crippen LogP contribution in [0.3, 0.4) is 0 Å². The number of nitrogen functional groups attached to an aromatic ring is 1. The van der Waals surface area contributed by atoms with E-state index in [0.717, 1.165) is 56.0 Å². The molecule has 34 heavy (non-hydrogen) atoms. The number of rotatable bonds is 8. The van der Waals surface area contributed by atoms with E-state index in [1.807, 2.05) is 52.0 Å². The summed E-state index contributed by atoms with van der Waals surface area (Å²) in [6.07, 6.45) is 5.76. The largest absolute Gasteiger partial charge is 0.404 e. The first kappa shape index (κ1) is 24.6. The fourth-order valence-corrected chi connectivity index (χ4v) is 4.28. The van der Waals surface area contributed by atoms with Crippen LogP contribution in [0.1, 0.15) is 38.9 Å². The number of hydrogen-bond acceptors (Lipinski definition) is 6. The number of benzene rings is 2. The number of hydrogen-bond donors (Lipinski definition) is 3. The fraction of sp³-hybridized carbons (Fsp3) is 0.259. The molecule has 0 saturated heterocycles. The van der Waals surface area contributed by atoms with Crippen LogP contribution in [0.15, 0.2) is 47.2 Å². The normalized spacial score (nSPS) is 11.8. The summed E-state index contributed by atoms with van der Waals surface area (Å²) in [5.74, 6) is 0.195. The summed E-state index contributed by atoms with van der Waals surface area (Å²) < 4.78 is 0. The van der Waals surface area contributed by atoms with Crippen molar-refractivity contribution in [2.75, 3.05) is 5.73 Å². The van der Waals surface area contributed by atoms with E-state index in [1.165, 1.54) is 12.4 Å². The summed E-state index contributed by atoms with van der Waals surface area (Å²) in [7, 11) is 0. The van der Waals surface area contributed by atoms with Crippen molar-refractivity contribution in [3.63, 3.8) is 0 Å². The Labute approximate surface area is 200 Å². The van der Waals surface area contributed by atoms with Gasteiger partial charge in [0.1, 0.15) is 12.1 Å². The van der Waals surface area contributed by atoms with E-state index in [9.17, 15) is 9.59 Å². The summed E-state index contributed by atoms with van der Waals surface area (Å²) in [6.45, 7) is 8.74. The van der Waals surface area contributed by atoms with Crippen molar-refractivity contribution >= 4 is 35.0 Å². The highest BCUT2D eigenvalue weighted by atomic mass is 16.1. The minimum Gasteiger partial charge on any atom is -0.404 e. The van der Waals surface area contributed by atoms with E-state index in [4.69, 9.17) is 11.5 Å². The molecule has 0 aliphatic carbocycles. The molecule has 5 N–H and O–H groups in total. The molecular weight excluding hydrogens is 426 g/mol. The van der Waals surface area contributed by atoms with Crippen molar-refractivity contribution in [3.05, 3.63) is 81.2 Å². The Kier molecular flexibility index (Phi) is 7.79. The molecule has 0 bridgehead atoms. The average Bonchev–Trinajstić information content (AvgIpc) is 2.79. The highest BCUT2D eigenvalue weighted by molar-refractivity contribution is 6.12. The maximum absolute atomic E-state index is 12.7. The first-order chi connectivity index (χ1) is 16.3. The first-order valence-electron chi connectivity index (χ1n) is 11.1. The molecule has 1 heterocycles. The summed E-state index contributed by atoms with van der Waals surface area (Å²) in [5.41, 5.74) is 19.3. The quantitative estimate of drug-likeness (QED) is 0.271. The number of fused-ring (bicyclic) bond motifs is 1. The van der Waals surface area contributed by atoms with Crippen LogP contribution in [0, 0.1) is 27.7 Å². The minimum atomic E-state index is -0.298. The lowest BCUT2D eigenvalue weighted by atomic mass is 9.96. The molecule has 1 aromatic heterocycles. The molecule has 3 aromatic rings. The van der Waals surface area contributed by atoms with Crippen LogP contribution in [-0.2, 0) is 29.1 Å². The molecule has 0 fully saturated rings. The fourth-order valence-electron chi connectivity index (χ4n) is 4.28.